The molecule has 88 valence electrons. The first kappa shape index (κ1) is 12.3. The SMILES string of the molecule is CCOCCOc1ccc([N+](=O)[O-])cc1O. The van der Waals surface area contributed by atoms with E-state index in [9.17, 15) is 15.2 Å². The largest absolute Gasteiger partial charge is 0.504 e. The molecular weight excluding hydrogens is 214 g/mol. The number of phenolic OH excluding ortho intramolecular Hbond substituents is 1. The van der Waals surface area contributed by atoms with Gasteiger partial charge in [-0.3, -0.25) is 10.1 Å². The first-order valence-electron chi connectivity index (χ1n) is 4.83. The monoisotopic (exact) mass is 227 g/mol. The van der Waals surface area contributed by atoms with Gasteiger partial charge in [0.15, 0.2) is 11.5 Å². The summed E-state index contributed by atoms with van der Waals surface area (Å²) in [4.78, 5) is 9.82. The van der Waals surface area contributed by atoms with Crippen molar-refractivity contribution in [3.05, 3.63) is 28.3 Å². The summed E-state index contributed by atoms with van der Waals surface area (Å²) in [7, 11) is 0. The van der Waals surface area contributed by atoms with Crippen molar-refractivity contribution in [2.75, 3.05) is 19.8 Å². The number of nitrogens with zero attached hydrogens (tertiary/aromatic N) is 1. The number of nitro benzene ring substituents is 1. The number of hydrogen-bond donors (Lipinski definition) is 1. The van der Waals surface area contributed by atoms with Crippen molar-refractivity contribution in [1.29, 1.82) is 0 Å². The quantitative estimate of drug-likeness (QED) is 0.454. The Labute approximate surface area is 92.6 Å². The van der Waals surface area contributed by atoms with Gasteiger partial charge in [0.05, 0.1) is 17.6 Å². The predicted molar refractivity (Wildman–Crippen MR) is 56.7 cm³/mol. The van der Waals surface area contributed by atoms with E-state index in [1.165, 1.54) is 12.1 Å². The van der Waals surface area contributed by atoms with E-state index >= 15 is 0 Å². The molecular formula is C10H13NO5. The third kappa shape index (κ3) is 3.39. The van der Waals surface area contributed by atoms with E-state index in [-0.39, 0.29) is 17.2 Å². The van der Waals surface area contributed by atoms with Crippen LogP contribution in [0.5, 0.6) is 11.5 Å². The molecule has 0 aromatic heterocycles. The molecule has 1 aromatic rings. The highest BCUT2D eigenvalue weighted by Crippen LogP contribution is 2.29. The van der Waals surface area contributed by atoms with Gasteiger partial charge in [0.1, 0.15) is 6.61 Å². The summed E-state index contributed by atoms with van der Waals surface area (Å²) in [6.07, 6.45) is 0. The van der Waals surface area contributed by atoms with E-state index in [0.717, 1.165) is 6.07 Å². The first-order chi connectivity index (χ1) is 7.65. The van der Waals surface area contributed by atoms with Crippen LogP contribution in [0.15, 0.2) is 18.2 Å². The van der Waals surface area contributed by atoms with E-state index in [0.29, 0.717) is 19.8 Å². The Balaban J connectivity index is 2.57. The molecule has 0 unspecified atom stereocenters. The van der Waals surface area contributed by atoms with Gasteiger partial charge in [-0.2, -0.15) is 0 Å². The van der Waals surface area contributed by atoms with E-state index in [1.54, 1.807) is 0 Å². The molecule has 1 aromatic carbocycles. The molecule has 0 aliphatic carbocycles. The molecule has 0 heterocycles. The molecule has 0 amide bonds. The van der Waals surface area contributed by atoms with Crippen molar-refractivity contribution in [3.63, 3.8) is 0 Å². The maximum atomic E-state index is 10.4. The molecule has 0 saturated heterocycles. The minimum absolute atomic E-state index is 0.172. The zero-order valence-electron chi connectivity index (χ0n) is 8.88. The molecule has 0 radical (unpaired) electrons. The number of phenols is 1. The summed E-state index contributed by atoms with van der Waals surface area (Å²) < 4.78 is 10.2. The van der Waals surface area contributed by atoms with E-state index in [4.69, 9.17) is 9.47 Å². The highest BCUT2D eigenvalue weighted by molar-refractivity contribution is 5.47. The van der Waals surface area contributed by atoms with Crippen molar-refractivity contribution < 1.29 is 19.5 Å². The van der Waals surface area contributed by atoms with Gasteiger partial charge in [-0.1, -0.05) is 0 Å². The fraction of sp³-hybridized carbons (Fsp3) is 0.400. The number of benzene rings is 1. The summed E-state index contributed by atoms with van der Waals surface area (Å²) in [5.74, 6) is -0.0315. The standard InChI is InChI=1S/C10H13NO5/c1-2-15-5-6-16-10-4-3-8(11(13)14)7-9(10)12/h3-4,7,12H,2,5-6H2,1H3. The lowest BCUT2D eigenvalue weighted by molar-refractivity contribution is -0.385. The molecule has 0 atom stereocenters. The summed E-state index contributed by atoms with van der Waals surface area (Å²) in [6, 6.07) is 3.69. The minimum atomic E-state index is -0.580. The lowest BCUT2D eigenvalue weighted by Crippen LogP contribution is -2.06. The number of aromatic hydroxyl groups is 1. The zero-order chi connectivity index (χ0) is 12.0. The molecule has 6 heteroatoms. The molecule has 0 fully saturated rings. The summed E-state index contributed by atoms with van der Waals surface area (Å²) in [5, 5.41) is 19.8. The van der Waals surface area contributed by atoms with Gasteiger partial charge in [-0.15, -0.1) is 0 Å². The fourth-order valence-corrected chi connectivity index (χ4v) is 1.10. The predicted octanol–water partition coefficient (Wildman–Crippen LogP) is 1.72. The summed E-state index contributed by atoms with van der Waals surface area (Å²) in [6.45, 7) is 3.16. The van der Waals surface area contributed by atoms with Crippen molar-refractivity contribution in [3.8, 4) is 11.5 Å². The summed E-state index contributed by atoms with van der Waals surface area (Å²) in [5.41, 5.74) is -0.172. The minimum Gasteiger partial charge on any atom is -0.504 e. The van der Waals surface area contributed by atoms with Crippen LogP contribution in [0.2, 0.25) is 0 Å². The smallest absolute Gasteiger partial charge is 0.273 e. The lowest BCUT2D eigenvalue weighted by atomic mass is 10.3. The van der Waals surface area contributed by atoms with Gasteiger partial charge in [-0.25, -0.2) is 0 Å². The third-order valence-electron chi connectivity index (χ3n) is 1.84. The highest BCUT2D eigenvalue weighted by atomic mass is 16.6. The molecule has 6 nitrogen and oxygen atoms in total. The second kappa shape index (κ2) is 5.92. The molecule has 0 bridgehead atoms. The molecule has 1 rings (SSSR count). The maximum absolute atomic E-state index is 10.4. The maximum Gasteiger partial charge on any atom is 0.273 e. The van der Waals surface area contributed by atoms with E-state index in [2.05, 4.69) is 0 Å². The van der Waals surface area contributed by atoms with Crippen LogP contribution < -0.4 is 4.74 Å². The normalized spacial score (nSPS) is 10.1. The third-order valence-corrected chi connectivity index (χ3v) is 1.84. The van der Waals surface area contributed by atoms with Crippen molar-refractivity contribution >= 4 is 5.69 Å². The topological polar surface area (TPSA) is 81.8 Å². The summed E-state index contributed by atoms with van der Waals surface area (Å²) >= 11 is 0. The van der Waals surface area contributed by atoms with E-state index in [1.807, 2.05) is 6.92 Å². The van der Waals surface area contributed by atoms with Crippen LogP contribution in [0.3, 0.4) is 0 Å². The molecule has 0 spiro atoms. The van der Waals surface area contributed by atoms with Gasteiger partial charge in [0.2, 0.25) is 0 Å². The van der Waals surface area contributed by atoms with Crippen LogP contribution in [0, 0.1) is 10.1 Å². The van der Waals surface area contributed by atoms with Crippen LogP contribution in [-0.4, -0.2) is 29.9 Å². The second-order valence-electron chi connectivity index (χ2n) is 2.95. The van der Waals surface area contributed by atoms with Crippen LogP contribution in [0.25, 0.3) is 0 Å². The number of rotatable bonds is 6. The van der Waals surface area contributed by atoms with Gasteiger partial charge in [0, 0.05) is 12.7 Å². The molecule has 0 aliphatic heterocycles. The zero-order valence-corrected chi connectivity index (χ0v) is 8.88. The van der Waals surface area contributed by atoms with E-state index < -0.39 is 4.92 Å². The van der Waals surface area contributed by atoms with Gasteiger partial charge in [0.25, 0.3) is 5.69 Å². The first-order valence-corrected chi connectivity index (χ1v) is 4.83. The molecule has 0 saturated carbocycles. The Morgan fingerprint density at radius 3 is 2.75 bits per heavy atom. The molecule has 16 heavy (non-hydrogen) atoms. The van der Waals surface area contributed by atoms with Crippen molar-refractivity contribution in [1.82, 2.24) is 0 Å². The second-order valence-corrected chi connectivity index (χ2v) is 2.95. The number of non-ortho nitro benzene ring substituents is 1. The Kier molecular flexibility index (Phi) is 4.53. The molecule has 0 aliphatic rings. The molecule has 1 N–H and O–H groups in total. The Bertz CT molecular complexity index is 366. The average Bonchev–Trinajstić information content (AvgIpc) is 2.26. The number of hydrogen-bond acceptors (Lipinski definition) is 5. The van der Waals surface area contributed by atoms with Crippen molar-refractivity contribution in [2.24, 2.45) is 0 Å². The fourth-order valence-electron chi connectivity index (χ4n) is 1.10. The number of ether oxygens (including phenoxy) is 2. The average molecular weight is 227 g/mol. The van der Waals surface area contributed by atoms with Gasteiger partial charge >= 0.3 is 0 Å². The lowest BCUT2D eigenvalue weighted by Gasteiger charge is -2.07. The van der Waals surface area contributed by atoms with Crippen LogP contribution in [-0.2, 0) is 4.74 Å². The van der Waals surface area contributed by atoms with Gasteiger partial charge in [-0.05, 0) is 13.0 Å². The Morgan fingerprint density at radius 1 is 1.44 bits per heavy atom. The van der Waals surface area contributed by atoms with Crippen LogP contribution in [0.1, 0.15) is 6.92 Å². The van der Waals surface area contributed by atoms with Crippen LogP contribution in [0.4, 0.5) is 5.69 Å². The Morgan fingerprint density at radius 2 is 2.19 bits per heavy atom. The number of nitro groups is 1. The van der Waals surface area contributed by atoms with Gasteiger partial charge < -0.3 is 14.6 Å². The van der Waals surface area contributed by atoms with Crippen molar-refractivity contribution in [2.45, 2.75) is 6.92 Å². The Hall–Kier alpha value is -1.82. The van der Waals surface area contributed by atoms with Crippen LogP contribution >= 0.6 is 0 Å². The highest BCUT2D eigenvalue weighted by Gasteiger charge is 2.10.